The lowest BCUT2D eigenvalue weighted by molar-refractivity contribution is -0.139. The van der Waals surface area contributed by atoms with Gasteiger partial charge in [0.2, 0.25) is 11.8 Å². The molecule has 0 fully saturated rings. The van der Waals surface area contributed by atoms with Gasteiger partial charge in [0, 0.05) is 34.1 Å². The summed E-state index contributed by atoms with van der Waals surface area (Å²) in [6.45, 7) is -0.848. The van der Waals surface area contributed by atoms with Gasteiger partial charge < -0.3 is 10.2 Å². The van der Waals surface area contributed by atoms with Crippen molar-refractivity contribution in [1.82, 2.24) is 14.5 Å². The van der Waals surface area contributed by atoms with E-state index in [9.17, 15) is 22.4 Å². The van der Waals surface area contributed by atoms with Gasteiger partial charge in [-0.05, 0) is 35.4 Å². The fraction of sp³-hybridized carbons (Fsp3) is 0.259. The van der Waals surface area contributed by atoms with Gasteiger partial charge in [0.1, 0.15) is 18.4 Å². The molecule has 0 aliphatic carbocycles. The van der Waals surface area contributed by atoms with Gasteiger partial charge in [0.15, 0.2) is 0 Å². The molecule has 0 saturated heterocycles. The highest BCUT2D eigenvalue weighted by Crippen LogP contribution is 2.26. The fourth-order valence-electron chi connectivity index (χ4n) is 3.91. The van der Waals surface area contributed by atoms with Crippen LogP contribution >= 0.6 is 23.2 Å². The minimum absolute atomic E-state index is 0.0895. The molecular formula is C27H29Cl2FN4O4S. The largest absolute Gasteiger partial charge is 0.357 e. The van der Waals surface area contributed by atoms with Crippen LogP contribution in [-0.4, -0.2) is 63.2 Å². The Morgan fingerprint density at radius 2 is 1.56 bits per heavy atom. The van der Waals surface area contributed by atoms with Gasteiger partial charge in [0.05, 0.1) is 15.7 Å². The lowest BCUT2D eigenvalue weighted by Gasteiger charge is -2.34. The molecule has 2 amide bonds. The van der Waals surface area contributed by atoms with Crippen molar-refractivity contribution >= 4 is 50.9 Å². The number of para-hydroxylation sites is 1. The second kappa shape index (κ2) is 13.3. The minimum Gasteiger partial charge on any atom is -0.357 e. The third-order valence-corrected chi connectivity index (χ3v) is 8.54. The number of hydrogen-bond acceptors (Lipinski definition) is 4. The normalized spacial score (nSPS) is 12.2. The molecule has 0 heterocycles. The zero-order chi connectivity index (χ0) is 28.7. The molecule has 12 heteroatoms. The summed E-state index contributed by atoms with van der Waals surface area (Å²) in [5, 5.41) is 3.16. The number of nitrogens with zero attached hydrogens (tertiary/aromatic N) is 3. The number of carbonyl (C=O) groups is 2. The third kappa shape index (κ3) is 7.48. The van der Waals surface area contributed by atoms with Gasteiger partial charge in [-0.1, -0.05) is 71.7 Å². The molecule has 0 spiro atoms. The molecule has 39 heavy (non-hydrogen) atoms. The molecule has 1 atom stereocenters. The monoisotopic (exact) mass is 594 g/mol. The maximum absolute atomic E-state index is 14.8. The highest BCUT2D eigenvalue weighted by atomic mass is 35.5. The summed E-state index contributed by atoms with van der Waals surface area (Å²) >= 11 is 12.3. The molecule has 3 aromatic rings. The van der Waals surface area contributed by atoms with Crippen LogP contribution in [0.15, 0.2) is 72.8 Å². The molecule has 3 rings (SSSR count). The molecule has 0 radical (unpaired) electrons. The van der Waals surface area contributed by atoms with E-state index >= 15 is 0 Å². The highest BCUT2D eigenvalue weighted by molar-refractivity contribution is 7.90. The summed E-state index contributed by atoms with van der Waals surface area (Å²) in [6, 6.07) is 18.1. The maximum atomic E-state index is 14.8. The lowest BCUT2D eigenvalue weighted by Crippen LogP contribution is -2.54. The maximum Gasteiger partial charge on any atom is 0.304 e. The zero-order valence-electron chi connectivity index (χ0n) is 21.6. The minimum atomic E-state index is -4.30. The Bertz CT molecular complexity index is 1420. The van der Waals surface area contributed by atoms with Gasteiger partial charge in [-0.15, -0.1) is 0 Å². The molecule has 0 bridgehead atoms. The van der Waals surface area contributed by atoms with Crippen molar-refractivity contribution in [2.75, 3.05) is 32.0 Å². The van der Waals surface area contributed by atoms with Crippen molar-refractivity contribution in [3.05, 3.63) is 99.8 Å². The Morgan fingerprint density at radius 3 is 2.15 bits per heavy atom. The van der Waals surface area contributed by atoms with Crippen LogP contribution in [0.2, 0.25) is 10.0 Å². The topological polar surface area (TPSA) is 90.0 Å². The summed E-state index contributed by atoms with van der Waals surface area (Å²) in [7, 11) is -0.287. The number of carbonyl (C=O) groups excluding carboxylic acids is 2. The molecular weight excluding hydrogens is 566 g/mol. The van der Waals surface area contributed by atoms with E-state index in [1.54, 1.807) is 18.2 Å². The van der Waals surface area contributed by atoms with Crippen LogP contribution in [-0.2, 0) is 32.8 Å². The van der Waals surface area contributed by atoms with Crippen LogP contribution in [0.3, 0.4) is 0 Å². The number of benzene rings is 3. The number of halogens is 3. The third-order valence-electron chi connectivity index (χ3n) is 5.99. The number of likely N-dealkylation sites (N-methyl/N-ethyl adjacent to an activating group) is 1. The van der Waals surface area contributed by atoms with E-state index in [1.807, 2.05) is 30.3 Å². The molecule has 1 N–H and O–H groups in total. The first-order valence-electron chi connectivity index (χ1n) is 11.9. The average Bonchev–Trinajstić information content (AvgIpc) is 2.91. The van der Waals surface area contributed by atoms with Gasteiger partial charge in [-0.2, -0.15) is 12.7 Å². The van der Waals surface area contributed by atoms with E-state index in [0.717, 1.165) is 15.9 Å². The van der Waals surface area contributed by atoms with E-state index in [0.29, 0.717) is 14.9 Å². The van der Waals surface area contributed by atoms with E-state index < -0.39 is 40.4 Å². The first-order valence-corrected chi connectivity index (χ1v) is 14.0. The van der Waals surface area contributed by atoms with E-state index in [1.165, 1.54) is 44.2 Å². The van der Waals surface area contributed by atoms with Crippen molar-refractivity contribution < 1.29 is 22.4 Å². The summed E-state index contributed by atoms with van der Waals surface area (Å²) < 4.78 is 42.8. The van der Waals surface area contributed by atoms with Crippen LogP contribution in [0.25, 0.3) is 0 Å². The highest BCUT2D eigenvalue weighted by Gasteiger charge is 2.35. The first kappa shape index (κ1) is 30.4. The molecule has 3 aromatic carbocycles. The number of anilines is 1. The quantitative estimate of drug-likeness (QED) is 0.361. The fourth-order valence-corrected chi connectivity index (χ4v) is 5.30. The van der Waals surface area contributed by atoms with E-state index in [-0.39, 0.29) is 23.7 Å². The number of hydrogen-bond donors (Lipinski definition) is 1. The van der Waals surface area contributed by atoms with Crippen molar-refractivity contribution in [1.29, 1.82) is 0 Å². The van der Waals surface area contributed by atoms with Gasteiger partial charge in [-0.3, -0.25) is 9.59 Å². The Labute approximate surface area is 238 Å². The van der Waals surface area contributed by atoms with Crippen LogP contribution < -0.4 is 9.62 Å². The zero-order valence-corrected chi connectivity index (χ0v) is 24.0. The number of nitrogens with one attached hydrogen (secondary N) is 1. The Kier molecular flexibility index (Phi) is 10.3. The van der Waals surface area contributed by atoms with E-state index in [4.69, 9.17) is 23.2 Å². The first-order chi connectivity index (χ1) is 18.4. The van der Waals surface area contributed by atoms with E-state index in [2.05, 4.69) is 5.32 Å². The number of rotatable bonds is 11. The predicted molar refractivity (Wildman–Crippen MR) is 151 cm³/mol. The Morgan fingerprint density at radius 1 is 0.923 bits per heavy atom. The van der Waals surface area contributed by atoms with Gasteiger partial charge in [-0.25, -0.2) is 8.70 Å². The summed E-state index contributed by atoms with van der Waals surface area (Å²) in [4.78, 5) is 28.4. The van der Waals surface area contributed by atoms with Crippen molar-refractivity contribution in [2.45, 2.75) is 19.0 Å². The SMILES string of the molecule is CNC(=O)C(Cc1ccccc1)N(Cc1ccc(Cl)c(Cl)c1)C(=O)CN(c1ccccc1F)S(=O)(=O)N(C)C. The summed E-state index contributed by atoms with van der Waals surface area (Å²) in [6.07, 6.45) is 0.147. The Balaban J connectivity index is 2.09. The second-order valence-corrected chi connectivity index (χ2v) is 11.7. The van der Waals surface area contributed by atoms with Crippen LogP contribution in [0.4, 0.5) is 10.1 Å². The lowest BCUT2D eigenvalue weighted by atomic mass is 10.0. The summed E-state index contributed by atoms with van der Waals surface area (Å²) in [5.74, 6) is -2.00. The second-order valence-electron chi connectivity index (χ2n) is 8.84. The van der Waals surface area contributed by atoms with Crippen LogP contribution in [0.1, 0.15) is 11.1 Å². The van der Waals surface area contributed by atoms with Crippen LogP contribution in [0.5, 0.6) is 0 Å². The van der Waals surface area contributed by atoms with Crippen molar-refractivity contribution in [3.63, 3.8) is 0 Å². The summed E-state index contributed by atoms with van der Waals surface area (Å²) in [5.41, 5.74) is 1.05. The van der Waals surface area contributed by atoms with Crippen molar-refractivity contribution in [2.24, 2.45) is 0 Å². The van der Waals surface area contributed by atoms with Gasteiger partial charge in [0.25, 0.3) is 0 Å². The smallest absolute Gasteiger partial charge is 0.304 e. The standard InChI is InChI=1S/C27H29Cl2FN4O4S/c1-31-27(36)25(16-19-9-5-4-6-10-19)33(17-20-13-14-21(28)22(29)15-20)26(35)18-34(39(37,38)32(2)3)24-12-8-7-11-23(24)30/h4-15,25H,16-18H2,1-3H3,(H,31,36). The molecule has 1 unspecified atom stereocenters. The molecule has 0 aliphatic rings. The van der Waals surface area contributed by atoms with Crippen LogP contribution in [0, 0.1) is 5.82 Å². The molecule has 8 nitrogen and oxygen atoms in total. The Hall–Kier alpha value is -3.18. The molecule has 0 aromatic heterocycles. The number of amides is 2. The average molecular weight is 596 g/mol. The molecule has 208 valence electrons. The molecule has 0 aliphatic heterocycles. The van der Waals surface area contributed by atoms with Crippen molar-refractivity contribution in [3.8, 4) is 0 Å². The predicted octanol–water partition coefficient (Wildman–Crippen LogP) is 4.13. The molecule has 0 saturated carbocycles. The van der Waals surface area contributed by atoms with Gasteiger partial charge >= 0.3 is 10.2 Å².